The summed E-state index contributed by atoms with van der Waals surface area (Å²) in [6.45, 7) is 9.03. The lowest BCUT2D eigenvalue weighted by Gasteiger charge is -2.27. The molecular formula is C22H29N7O3. The Labute approximate surface area is 186 Å². The summed E-state index contributed by atoms with van der Waals surface area (Å²) in [5.41, 5.74) is 5.12. The van der Waals surface area contributed by atoms with Crippen molar-refractivity contribution in [3.8, 4) is 11.3 Å². The van der Waals surface area contributed by atoms with E-state index in [1.807, 2.05) is 31.2 Å². The molecule has 0 unspecified atom stereocenters. The van der Waals surface area contributed by atoms with Crippen LogP contribution in [0, 0.1) is 0 Å². The quantitative estimate of drug-likeness (QED) is 0.402. The summed E-state index contributed by atoms with van der Waals surface area (Å²) in [5.74, 6) is 0.611. The number of hydrogen-bond acceptors (Lipinski definition) is 8. The largest absolute Gasteiger partial charge is 0.389 e. The van der Waals surface area contributed by atoms with Crippen molar-refractivity contribution in [3.05, 3.63) is 30.5 Å². The molecule has 2 N–H and O–H groups in total. The molecule has 1 amide bonds. The Morgan fingerprint density at radius 2 is 1.94 bits per heavy atom. The molecule has 3 heterocycles. The summed E-state index contributed by atoms with van der Waals surface area (Å²) in [4.78, 5) is 23.1. The van der Waals surface area contributed by atoms with Gasteiger partial charge in [-0.15, -0.1) is 0 Å². The number of carbonyl (C=O) groups excluding carboxylic acids is 1. The predicted molar refractivity (Wildman–Crippen MR) is 122 cm³/mol. The maximum absolute atomic E-state index is 11.4. The molecule has 1 aliphatic rings. The first-order valence-electron chi connectivity index (χ1n) is 10.8. The molecule has 10 nitrogen and oxygen atoms in total. The average molecular weight is 440 g/mol. The molecule has 1 fully saturated rings. The summed E-state index contributed by atoms with van der Waals surface area (Å²) >= 11 is 0. The van der Waals surface area contributed by atoms with E-state index in [2.05, 4.69) is 15.4 Å². The van der Waals surface area contributed by atoms with E-state index in [0.717, 1.165) is 28.7 Å². The lowest BCUT2D eigenvalue weighted by molar-refractivity contribution is -0.108. The van der Waals surface area contributed by atoms with Crippen LogP contribution in [0.2, 0.25) is 0 Å². The van der Waals surface area contributed by atoms with Crippen molar-refractivity contribution in [2.24, 2.45) is 0 Å². The van der Waals surface area contributed by atoms with Gasteiger partial charge in [0.05, 0.1) is 48.3 Å². The van der Waals surface area contributed by atoms with Crippen LogP contribution in [0.1, 0.15) is 20.8 Å². The first kappa shape index (κ1) is 22.1. The van der Waals surface area contributed by atoms with Gasteiger partial charge in [0.2, 0.25) is 12.4 Å². The topological polar surface area (TPSA) is 109 Å². The molecule has 1 aromatic carbocycles. The Hall–Kier alpha value is -3.08. The molecule has 0 spiro atoms. The highest BCUT2D eigenvalue weighted by molar-refractivity contribution is 5.91. The highest BCUT2D eigenvalue weighted by atomic mass is 16.5. The van der Waals surface area contributed by atoms with Crippen molar-refractivity contribution < 1.29 is 14.6 Å². The third-order valence-electron chi connectivity index (χ3n) is 5.17. The van der Waals surface area contributed by atoms with Gasteiger partial charge in [-0.1, -0.05) is 19.1 Å². The van der Waals surface area contributed by atoms with E-state index in [0.29, 0.717) is 51.0 Å². The molecule has 4 rings (SSSR count). The van der Waals surface area contributed by atoms with Crippen molar-refractivity contribution >= 4 is 29.1 Å². The highest BCUT2D eigenvalue weighted by Gasteiger charge is 2.22. The molecule has 32 heavy (non-hydrogen) atoms. The number of hydrogen-bond donors (Lipinski definition) is 2. The number of carbonyl (C=O) groups is 1. The van der Waals surface area contributed by atoms with Crippen LogP contribution in [0.15, 0.2) is 30.5 Å². The van der Waals surface area contributed by atoms with E-state index in [1.54, 1.807) is 24.7 Å². The van der Waals surface area contributed by atoms with Gasteiger partial charge in [0.15, 0.2) is 5.65 Å². The van der Waals surface area contributed by atoms with E-state index >= 15 is 0 Å². The second kappa shape index (κ2) is 9.19. The van der Waals surface area contributed by atoms with Crippen molar-refractivity contribution in [2.45, 2.75) is 32.9 Å². The highest BCUT2D eigenvalue weighted by Crippen LogP contribution is 2.30. The number of nitrogens with zero attached hydrogens (tertiary/aromatic N) is 6. The van der Waals surface area contributed by atoms with Crippen LogP contribution < -0.4 is 15.3 Å². The second-order valence-electron chi connectivity index (χ2n) is 8.36. The molecule has 0 saturated carbocycles. The van der Waals surface area contributed by atoms with Gasteiger partial charge in [0.25, 0.3) is 0 Å². The van der Waals surface area contributed by atoms with E-state index in [4.69, 9.17) is 14.7 Å². The van der Waals surface area contributed by atoms with Crippen molar-refractivity contribution in [1.29, 1.82) is 0 Å². The molecule has 0 bridgehead atoms. The summed E-state index contributed by atoms with van der Waals surface area (Å²) in [5, 5.41) is 17.1. The minimum absolute atomic E-state index is 0.311. The Bertz CT molecular complexity index is 1070. The van der Waals surface area contributed by atoms with E-state index in [9.17, 15) is 9.90 Å². The Kier molecular flexibility index (Phi) is 6.35. The number of amides is 1. The number of aromatic nitrogens is 4. The first-order valence-corrected chi connectivity index (χ1v) is 10.8. The normalized spacial score (nSPS) is 14.7. The van der Waals surface area contributed by atoms with Gasteiger partial charge in [-0.05, 0) is 26.0 Å². The van der Waals surface area contributed by atoms with Crippen molar-refractivity contribution in [3.63, 3.8) is 0 Å². The summed E-state index contributed by atoms with van der Waals surface area (Å²) < 4.78 is 7.20. The van der Waals surface area contributed by atoms with Crippen molar-refractivity contribution in [2.75, 3.05) is 42.8 Å². The minimum atomic E-state index is -0.935. The standard InChI is InChI=1S/C22H29N7O3/c1-4-23-29(15-30)17-7-5-16(6-8-17)19-18-13-24-28(14-22(2,3)31)20(18)26-21(25-19)27-9-11-32-12-10-27/h5-8,13,15,23,31H,4,9-12,14H2,1-3H3. The molecule has 2 aromatic heterocycles. The van der Waals surface area contributed by atoms with Gasteiger partial charge in [0.1, 0.15) is 0 Å². The number of nitrogens with one attached hydrogen (secondary N) is 1. The number of ether oxygens (including phenoxy) is 1. The van der Waals surface area contributed by atoms with E-state index < -0.39 is 5.60 Å². The second-order valence-corrected chi connectivity index (χ2v) is 8.36. The van der Waals surface area contributed by atoms with Gasteiger partial charge in [-0.25, -0.2) is 20.1 Å². The summed E-state index contributed by atoms with van der Waals surface area (Å²) in [7, 11) is 0. The number of rotatable bonds is 8. The maximum Gasteiger partial charge on any atom is 0.228 e. The fourth-order valence-electron chi connectivity index (χ4n) is 3.69. The molecule has 0 aliphatic carbocycles. The number of hydrazine groups is 1. The van der Waals surface area contributed by atoms with Crippen molar-refractivity contribution in [1.82, 2.24) is 25.2 Å². The zero-order valence-electron chi connectivity index (χ0n) is 18.7. The van der Waals surface area contributed by atoms with Gasteiger partial charge >= 0.3 is 0 Å². The first-order chi connectivity index (χ1) is 15.4. The fraction of sp³-hybridized carbons (Fsp3) is 0.455. The van der Waals surface area contributed by atoms with Gasteiger partial charge in [0, 0.05) is 25.2 Å². The monoisotopic (exact) mass is 439 g/mol. The molecule has 10 heteroatoms. The SMILES string of the molecule is CCNN(C=O)c1ccc(-c2nc(N3CCOCC3)nc3c2cnn3CC(C)(C)O)cc1. The average Bonchev–Trinajstić information content (AvgIpc) is 3.18. The minimum Gasteiger partial charge on any atom is -0.389 e. The van der Waals surface area contributed by atoms with E-state index in [-0.39, 0.29) is 0 Å². The number of morpholine rings is 1. The lowest BCUT2D eigenvalue weighted by atomic mass is 10.1. The van der Waals surface area contributed by atoms with Gasteiger partial charge < -0.3 is 14.7 Å². The maximum atomic E-state index is 11.4. The number of benzene rings is 1. The molecule has 0 atom stereocenters. The van der Waals surface area contributed by atoms with Crippen LogP contribution in [-0.2, 0) is 16.1 Å². The molecule has 3 aromatic rings. The van der Waals surface area contributed by atoms with Crippen LogP contribution in [0.5, 0.6) is 0 Å². The van der Waals surface area contributed by atoms with Crippen LogP contribution in [0.3, 0.4) is 0 Å². The molecule has 0 radical (unpaired) electrons. The van der Waals surface area contributed by atoms with Gasteiger partial charge in [-0.3, -0.25) is 4.79 Å². The molecule has 170 valence electrons. The number of aliphatic hydroxyl groups is 1. The van der Waals surface area contributed by atoms with Crippen LogP contribution >= 0.6 is 0 Å². The smallest absolute Gasteiger partial charge is 0.228 e. The van der Waals surface area contributed by atoms with Gasteiger partial charge in [-0.2, -0.15) is 10.1 Å². The van der Waals surface area contributed by atoms with Crippen LogP contribution in [-0.4, -0.2) is 69.7 Å². The summed E-state index contributed by atoms with van der Waals surface area (Å²) in [6.07, 6.45) is 2.49. The van der Waals surface area contributed by atoms with Crippen LogP contribution in [0.4, 0.5) is 11.6 Å². The third-order valence-corrected chi connectivity index (χ3v) is 5.17. The number of anilines is 2. The third kappa shape index (κ3) is 4.72. The van der Waals surface area contributed by atoms with E-state index in [1.165, 1.54) is 5.01 Å². The molecular weight excluding hydrogens is 410 g/mol. The van der Waals surface area contributed by atoms with Crippen LogP contribution in [0.25, 0.3) is 22.3 Å². The Balaban J connectivity index is 1.79. The fourth-order valence-corrected chi connectivity index (χ4v) is 3.69. The zero-order valence-corrected chi connectivity index (χ0v) is 18.7. The predicted octanol–water partition coefficient (Wildman–Crippen LogP) is 1.59. The summed E-state index contributed by atoms with van der Waals surface area (Å²) in [6, 6.07) is 7.61. The Morgan fingerprint density at radius 1 is 1.22 bits per heavy atom. The molecule has 1 saturated heterocycles. The molecule has 1 aliphatic heterocycles. The zero-order chi connectivity index (χ0) is 22.7. The number of fused-ring (bicyclic) bond motifs is 1. The lowest BCUT2D eigenvalue weighted by Crippen LogP contribution is -2.37. The Morgan fingerprint density at radius 3 is 2.56 bits per heavy atom.